The number of pyridine rings is 1. The number of nitrogens with zero attached hydrogens (tertiary/aromatic N) is 5. The molecule has 13 rings (SSSR count). The van der Waals surface area contributed by atoms with Crippen LogP contribution < -0.4 is 14.5 Å². The zero-order chi connectivity index (χ0) is 58.7. The topological polar surface area (TPSA) is 38.5 Å². The number of imidazole rings is 1. The molecule has 0 saturated carbocycles. The van der Waals surface area contributed by atoms with E-state index in [1.807, 2.05) is 12.3 Å². The first-order chi connectivity index (χ1) is 40.1. The van der Waals surface area contributed by atoms with Gasteiger partial charge in [-0.05, 0) is 52.3 Å². The van der Waals surface area contributed by atoms with E-state index < -0.39 is 5.41 Å². The summed E-state index contributed by atoms with van der Waals surface area (Å²) in [5.74, 6) is 1.95. The van der Waals surface area contributed by atoms with Gasteiger partial charge in [0.1, 0.15) is 0 Å². The Bertz CT molecular complexity index is 4350. The number of hydrogen-bond donors (Lipinski definition) is 0. The van der Waals surface area contributed by atoms with E-state index in [1.165, 1.54) is 44.5 Å². The van der Waals surface area contributed by atoms with Crippen molar-refractivity contribution < 1.29 is 24.1 Å². The Morgan fingerprint density at radius 3 is 1.63 bits per heavy atom. The van der Waals surface area contributed by atoms with Crippen LogP contribution in [-0.4, -0.2) is 14.1 Å². The second-order valence-corrected chi connectivity index (χ2v) is 27.8. The molecule has 0 atom stereocenters. The van der Waals surface area contributed by atoms with Crippen molar-refractivity contribution in [3.05, 3.63) is 273 Å². The minimum absolute atomic E-state index is 0.0678. The third kappa shape index (κ3) is 9.29. The van der Waals surface area contributed by atoms with Gasteiger partial charge in [0, 0.05) is 23.3 Å². The second kappa shape index (κ2) is 20.2. The summed E-state index contributed by atoms with van der Waals surface area (Å²) in [6.45, 7) is 27.5. The van der Waals surface area contributed by atoms with Crippen LogP contribution in [0.3, 0.4) is 0 Å². The predicted octanol–water partition coefficient (Wildman–Crippen LogP) is 20.1. The van der Waals surface area contributed by atoms with Gasteiger partial charge in [0.05, 0.1) is 0 Å². The number of anilines is 6. The summed E-state index contributed by atoms with van der Waals surface area (Å²) in [6.07, 6.45) is 1.95. The minimum atomic E-state index is -0.800. The molecule has 0 fully saturated rings. The van der Waals surface area contributed by atoms with Crippen LogP contribution in [0, 0.1) is 15.9 Å². The fraction of sp³-hybridized carbons (Fsp3) is 0.221. The summed E-state index contributed by atoms with van der Waals surface area (Å²) in [5, 5.41) is 0. The van der Waals surface area contributed by atoms with Gasteiger partial charge in [0.2, 0.25) is 0 Å². The summed E-state index contributed by atoms with van der Waals surface area (Å²) in [7, 11) is 0. The van der Waals surface area contributed by atoms with E-state index in [1.54, 1.807) is 0 Å². The van der Waals surface area contributed by atoms with Crippen LogP contribution >= 0.6 is 0 Å². The molecule has 4 heterocycles. The molecule has 0 N–H and O–H groups in total. The maximum absolute atomic E-state index is 7.15. The molecule has 2 aliphatic rings. The molecule has 0 saturated heterocycles. The molecule has 0 amide bonds. The van der Waals surface area contributed by atoms with Crippen molar-refractivity contribution in [2.45, 2.75) is 110 Å². The molecule has 11 aromatic rings. The molecule has 84 heavy (non-hydrogen) atoms. The van der Waals surface area contributed by atoms with Crippen molar-refractivity contribution >= 4 is 45.3 Å². The van der Waals surface area contributed by atoms with Crippen molar-refractivity contribution in [3.63, 3.8) is 0 Å². The first-order valence-corrected chi connectivity index (χ1v) is 30.4. The van der Waals surface area contributed by atoms with Gasteiger partial charge in [-0.25, -0.2) is 0 Å². The first-order valence-electron chi connectivity index (χ1n) is 29.3. The number of fused-ring (bicyclic) bond motifs is 9. The van der Waals surface area contributed by atoms with Crippen molar-refractivity contribution in [2.24, 2.45) is 0 Å². The molecular formula is C77H71N5OPt-2. The number of hydrogen-bond acceptors (Lipinski definition) is 4. The SMILES string of the molecule is CC(C)(C)c1cc(-n2[c](=[Pt])n(-c3[c-]c(Oc4[c-]c5c(cc4)C4(c6cc(C(C)(C)C)ccc6N5c5cc(C(C)(C)C)ccn5)c5ccccc5N(c5ccccc5)c5ccccc54)ccc3)c3ccc(-c4ccccc4)cc32)cc(C(C)(C)C)c1. The normalized spacial score (nSPS) is 13.8. The van der Waals surface area contributed by atoms with Crippen LogP contribution in [0.15, 0.2) is 212 Å². The standard InChI is InChI=1S/C77H71N5O.Pt/c1-73(2,3)53-35-39-68-65(46-53)77(62-30-19-21-32-66(62)81(57-26-17-14-18-27-57)67-33-22-20-31-63(67)77)64-37-36-61(49-70(64)82(68)72-47-54(40-41-78-72)74(4,5)6)83-60-29-23-28-58(48-60)79-50-80(59-44-55(75(7,8)9)43-56(45-59)76(10,11)12)71-42-52(34-38-69(71)79)51-24-15-13-16-25-51;/h13-47H,1-12H3;/q-2;. The molecule has 422 valence electrons. The molecule has 2 aliphatic heterocycles. The Morgan fingerprint density at radius 2 is 0.988 bits per heavy atom. The molecule has 1 spiro atoms. The van der Waals surface area contributed by atoms with Gasteiger partial charge in [0.15, 0.2) is 0 Å². The van der Waals surface area contributed by atoms with E-state index >= 15 is 0 Å². The van der Waals surface area contributed by atoms with Crippen LogP contribution in [0.1, 0.15) is 128 Å². The number of para-hydroxylation sites is 3. The van der Waals surface area contributed by atoms with Crippen LogP contribution in [0.2, 0.25) is 0 Å². The van der Waals surface area contributed by atoms with Crippen molar-refractivity contribution in [1.82, 2.24) is 14.1 Å². The van der Waals surface area contributed by atoms with Gasteiger partial charge in [-0.15, -0.1) is 0 Å². The molecule has 7 heteroatoms. The quantitative estimate of drug-likeness (QED) is 0.149. The van der Waals surface area contributed by atoms with Gasteiger partial charge in [0.25, 0.3) is 0 Å². The third-order valence-electron chi connectivity index (χ3n) is 17.0. The Labute approximate surface area is 507 Å². The molecule has 2 aromatic heterocycles. The summed E-state index contributed by atoms with van der Waals surface area (Å²) >= 11 is 2.52. The Kier molecular flexibility index (Phi) is 13.2. The fourth-order valence-corrected chi connectivity index (χ4v) is 13.6. The summed E-state index contributed by atoms with van der Waals surface area (Å²) in [6, 6.07) is 83.2. The third-order valence-corrected chi connectivity index (χ3v) is 18.0. The van der Waals surface area contributed by atoms with Gasteiger partial charge in [-0.3, -0.25) is 0 Å². The fourth-order valence-electron chi connectivity index (χ4n) is 12.5. The maximum atomic E-state index is 7.15. The van der Waals surface area contributed by atoms with E-state index in [0.29, 0.717) is 11.5 Å². The van der Waals surface area contributed by atoms with E-state index in [-0.39, 0.29) is 21.7 Å². The number of benzene rings is 9. The van der Waals surface area contributed by atoms with Crippen molar-refractivity contribution in [2.75, 3.05) is 9.80 Å². The van der Waals surface area contributed by atoms with Crippen molar-refractivity contribution in [3.8, 4) is 34.0 Å². The summed E-state index contributed by atoms with van der Waals surface area (Å²) in [5.41, 5.74) is 20.2. The van der Waals surface area contributed by atoms with Crippen molar-refractivity contribution in [1.29, 1.82) is 0 Å². The van der Waals surface area contributed by atoms with Gasteiger partial charge < -0.3 is 4.90 Å². The van der Waals surface area contributed by atoms with E-state index in [0.717, 1.165) is 71.6 Å². The molecular weight excluding hydrogens is 1210 g/mol. The molecule has 0 unspecified atom stereocenters. The zero-order valence-electron chi connectivity index (χ0n) is 50.2. The predicted molar refractivity (Wildman–Crippen MR) is 343 cm³/mol. The average molecular weight is 1280 g/mol. The number of rotatable bonds is 7. The van der Waals surface area contributed by atoms with E-state index in [2.05, 4.69) is 334 Å². The first kappa shape index (κ1) is 54.9. The molecule has 0 aliphatic carbocycles. The second-order valence-electron chi connectivity index (χ2n) is 26.8. The van der Waals surface area contributed by atoms with Crippen LogP contribution in [0.25, 0.3) is 33.5 Å². The summed E-state index contributed by atoms with van der Waals surface area (Å²) in [4.78, 5) is 9.99. The Balaban J connectivity index is 1.02. The van der Waals surface area contributed by atoms with Crippen LogP contribution in [-0.2, 0) is 46.4 Å². The van der Waals surface area contributed by atoms with E-state index in [9.17, 15) is 0 Å². The molecule has 0 radical (unpaired) electrons. The van der Waals surface area contributed by atoms with Gasteiger partial charge >= 0.3 is 322 Å². The van der Waals surface area contributed by atoms with Crippen LogP contribution in [0.5, 0.6) is 11.5 Å². The molecule has 9 aromatic carbocycles. The number of ether oxygens (including phenoxy) is 1. The monoisotopic (exact) mass is 1280 g/mol. The van der Waals surface area contributed by atoms with Crippen LogP contribution in [0.4, 0.5) is 34.3 Å². The average Bonchev–Trinajstić information content (AvgIpc) is 0.894. The molecule has 6 nitrogen and oxygen atoms in total. The Hall–Kier alpha value is -8.31. The molecule has 0 bridgehead atoms. The number of aromatic nitrogens is 3. The summed E-state index contributed by atoms with van der Waals surface area (Å²) < 4.78 is 12.9. The van der Waals surface area contributed by atoms with Gasteiger partial charge in [-0.2, -0.15) is 0 Å². The zero-order valence-corrected chi connectivity index (χ0v) is 52.4. The van der Waals surface area contributed by atoms with Gasteiger partial charge in [-0.1, -0.05) is 108 Å². The van der Waals surface area contributed by atoms with E-state index in [4.69, 9.17) is 9.72 Å². The Morgan fingerprint density at radius 1 is 0.405 bits per heavy atom.